The van der Waals surface area contributed by atoms with E-state index in [0.29, 0.717) is 12.1 Å². The highest BCUT2D eigenvalue weighted by atomic mass is 31.1. The predicted molar refractivity (Wildman–Crippen MR) is 41.4 cm³/mol. The summed E-state index contributed by atoms with van der Waals surface area (Å²) in [5, 5.41) is 0. The molecule has 1 rings (SSSR count). The van der Waals surface area contributed by atoms with Crippen molar-refractivity contribution in [2.45, 2.75) is 25.3 Å². The molecule has 10 heavy (non-hydrogen) atoms. The van der Waals surface area contributed by atoms with Gasteiger partial charge in [-0.25, -0.2) is 0 Å². The van der Waals surface area contributed by atoms with Gasteiger partial charge in [0.05, 0.1) is 0 Å². The Labute approximate surface area is 61.5 Å². The van der Waals surface area contributed by atoms with Crippen LogP contribution in [0.4, 0.5) is 0 Å². The fourth-order valence-corrected chi connectivity index (χ4v) is 2.41. The van der Waals surface area contributed by atoms with Gasteiger partial charge in [0.2, 0.25) is 0 Å². The van der Waals surface area contributed by atoms with Crippen LogP contribution in [-0.4, -0.2) is 17.1 Å². The molecule has 4 heteroatoms. The maximum Gasteiger partial charge on any atom is 0.189 e. The molecule has 0 saturated heterocycles. The van der Waals surface area contributed by atoms with E-state index in [1.807, 2.05) is 0 Å². The summed E-state index contributed by atoms with van der Waals surface area (Å²) in [5.74, 6) is 0.423. The number of nitrogens with two attached hydrogens (primary N) is 1. The number of hydrogen-bond acceptors (Lipinski definition) is 2. The van der Waals surface area contributed by atoms with Crippen molar-refractivity contribution in [3.8, 4) is 0 Å². The van der Waals surface area contributed by atoms with Crippen LogP contribution in [0.1, 0.15) is 19.3 Å². The molecule has 0 spiro atoms. The van der Waals surface area contributed by atoms with Crippen LogP contribution in [0.15, 0.2) is 0 Å². The summed E-state index contributed by atoms with van der Waals surface area (Å²) in [5.41, 5.74) is 5.63. The molecule has 0 aromatic rings. The first-order chi connectivity index (χ1) is 4.68. The average molecular weight is 163 g/mol. The molecule has 60 valence electrons. The normalized spacial score (nSPS) is 36.2. The molecule has 1 aliphatic carbocycles. The number of rotatable bonds is 2. The van der Waals surface area contributed by atoms with E-state index in [2.05, 4.69) is 0 Å². The molecular formula is C6H14NO2P. The van der Waals surface area contributed by atoms with Crippen molar-refractivity contribution in [1.82, 2.24) is 0 Å². The van der Waals surface area contributed by atoms with Crippen molar-refractivity contribution in [3.63, 3.8) is 0 Å². The van der Waals surface area contributed by atoms with Crippen LogP contribution < -0.4 is 5.73 Å². The van der Waals surface area contributed by atoms with E-state index < -0.39 is 8.03 Å². The Balaban J connectivity index is 2.24. The summed E-state index contributed by atoms with van der Waals surface area (Å²) in [6.07, 6.45) is 3.49. The van der Waals surface area contributed by atoms with Crippen LogP contribution in [0.5, 0.6) is 0 Å². The van der Waals surface area contributed by atoms with E-state index in [-0.39, 0.29) is 6.04 Å². The van der Waals surface area contributed by atoms with Gasteiger partial charge in [-0.15, -0.1) is 0 Å². The summed E-state index contributed by atoms with van der Waals surface area (Å²) in [6, 6.07) is 0.284. The average Bonchev–Trinajstić information content (AvgIpc) is 2.13. The minimum Gasteiger partial charge on any atom is -0.346 e. The van der Waals surface area contributed by atoms with Gasteiger partial charge in [-0.2, -0.15) is 0 Å². The SMILES string of the molecule is N[C@H]1CC[C@H](C[PH](=O)O)C1. The monoisotopic (exact) mass is 163 g/mol. The highest BCUT2D eigenvalue weighted by Gasteiger charge is 2.22. The molecule has 3 atom stereocenters. The minimum absolute atomic E-state index is 0.284. The smallest absolute Gasteiger partial charge is 0.189 e. The Morgan fingerprint density at radius 1 is 1.60 bits per heavy atom. The van der Waals surface area contributed by atoms with E-state index in [1.165, 1.54) is 0 Å². The van der Waals surface area contributed by atoms with E-state index in [4.69, 9.17) is 10.6 Å². The molecular weight excluding hydrogens is 149 g/mol. The van der Waals surface area contributed by atoms with E-state index >= 15 is 0 Å². The van der Waals surface area contributed by atoms with Crippen LogP contribution >= 0.6 is 8.03 Å². The van der Waals surface area contributed by atoms with Gasteiger partial charge in [-0.3, -0.25) is 4.57 Å². The highest BCUT2D eigenvalue weighted by Crippen LogP contribution is 2.30. The van der Waals surface area contributed by atoms with Crippen molar-refractivity contribution in [2.24, 2.45) is 11.7 Å². The van der Waals surface area contributed by atoms with Gasteiger partial charge in [-0.1, -0.05) is 0 Å². The third-order valence-electron chi connectivity index (χ3n) is 2.05. The lowest BCUT2D eigenvalue weighted by Crippen LogP contribution is -2.15. The molecule has 0 heterocycles. The van der Waals surface area contributed by atoms with Gasteiger partial charge in [-0.05, 0) is 25.2 Å². The van der Waals surface area contributed by atoms with Gasteiger partial charge in [0, 0.05) is 12.2 Å². The molecule has 0 aromatic heterocycles. The first-order valence-corrected chi connectivity index (χ1v) is 5.22. The van der Waals surface area contributed by atoms with E-state index in [9.17, 15) is 4.57 Å². The second-order valence-electron chi connectivity index (χ2n) is 3.04. The molecule has 0 bridgehead atoms. The first kappa shape index (κ1) is 8.25. The topological polar surface area (TPSA) is 63.3 Å². The molecule has 0 radical (unpaired) electrons. The fourth-order valence-electron chi connectivity index (χ4n) is 1.55. The van der Waals surface area contributed by atoms with Crippen LogP contribution in [0.25, 0.3) is 0 Å². The largest absolute Gasteiger partial charge is 0.346 e. The third-order valence-corrected chi connectivity index (χ3v) is 2.97. The zero-order valence-electron chi connectivity index (χ0n) is 5.92. The van der Waals surface area contributed by atoms with Crippen molar-refractivity contribution in [2.75, 3.05) is 6.16 Å². The van der Waals surface area contributed by atoms with E-state index in [1.54, 1.807) is 0 Å². The number of hydrogen-bond donors (Lipinski definition) is 2. The zero-order chi connectivity index (χ0) is 7.56. The Bertz CT molecular complexity index is 140. The quantitative estimate of drug-likeness (QED) is 0.585. The van der Waals surface area contributed by atoms with Gasteiger partial charge in [0.1, 0.15) is 0 Å². The van der Waals surface area contributed by atoms with Crippen molar-refractivity contribution in [3.05, 3.63) is 0 Å². The van der Waals surface area contributed by atoms with Gasteiger partial charge in [0.15, 0.2) is 8.03 Å². The van der Waals surface area contributed by atoms with Crippen LogP contribution in [-0.2, 0) is 4.57 Å². The van der Waals surface area contributed by atoms with Crippen molar-refractivity contribution >= 4 is 8.03 Å². The van der Waals surface area contributed by atoms with Crippen LogP contribution in [0.3, 0.4) is 0 Å². The Morgan fingerprint density at radius 3 is 2.70 bits per heavy atom. The second kappa shape index (κ2) is 3.51. The molecule has 1 unspecified atom stereocenters. The molecule has 3 nitrogen and oxygen atoms in total. The predicted octanol–water partition coefficient (Wildman–Crippen LogP) is 0.581. The lowest BCUT2D eigenvalue weighted by Gasteiger charge is -2.04. The molecule has 0 amide bonds. The lowest BCUT2D eigenvalue weighted by atomic mass is 10.1. The van der Waals surface area contributed by atoms with E-state index in [0.717, 1.165) is 19.3 Å². The van der Waals surface area contributed by atoms with Gasteiger partial charge in [0.25, 0.3) is 0 Å². The maximum atomic E-state index is 10.4. The first-order valence-electron chi connectivity index (χ1n) is 3.66. The third kappa shape index (κ3) is 2.41. The minimum atomic E-state index is -2.25. The molecule has 1 fully saturated rings. The van der Waals surface area contributed by atoms with Crippen LogP contribution in [0.2, 0.25) is 0 Å². The fraction of sp³-hybridized carbons (Fsp3) is 1.00. The second-order valence-corrected chi connectivity index (χ2v) is 4.23. The summed E-state index contributed by atoms with van der Waals surface area (Å²) < 4.78 is 10.4. The molecule has 0 aliphatic heterocycles. The highest BCUT2D eigenvalue weighted by molar-refractivity contribution is 7.38. The summed E-state index contributed by atoms with van der Waals surface area (Å²) in [4.78, 5) is 8.60. The molecule has 1 aliphatic rings. The Hall–Kier alpha value is 0.150. The molecule has 1 saturated carbocycles. The summed E-state index contributed by atoms with van der Waals surface area (Å²) >= 11 is 0. The Kier molecular flexibility index (Phi) is 2.90. The zero-order valence-corrected chi connectivity index (χ0v) is 6.92. The lowest BCUT2D eigenvalue weighted by molar-refractivity contribution is 0.483. The summed E-state index contributed by atoms with van der Waals surface area (Å²) in [6.45, 7) is 0. The maximum absolute atomic E-state index is 10.4. The van der Waals surface area contributed by atoms with Gasteiger partial charge >= 0.3 is 0 Å². The van der Waals surface area contributed by atoms with Crippen molar-refractivity contribution in [1.29, 1.82) is 0 Å². The Morgan fingerprint density at radius 2 is 2.30 bits per heavy atom. The van der Waals surface area contributed by atoms with Crippen molar-refractivity contribution < 1.29 is 9.46 Å². The van der Waals surface area contributed by atoms with Crippen LogP contribution in [0, 0.1) is 5.92 Å². The summed E-state index contributed by atoms with van der Waals surface area (Å²) in [7, 11) is -2.25. The van der Waals surface area contributed by atoms with Gasteiger partial charge < -0.3 is 10.6 Å². The molecule has 3 N–H and O–H groups in total. The molecule has 0 aromatic carbocycles. The standard InChI is InChI=1S/C6H14NO2P/c7-6-2-1-5(3-6)4-10(8)9/h5-6,10H,1-4,7H2,(H,8,9)/t5-,6-/m0/s1.